The zero-order valence-electron chi connectivity index (χ0n) is 6.21. The van der Waals surface area contributed by atoms with Gasteiger partial charge in [0, 0.05) is 12.6 Å². The fourth-order valence-electron chi connectivity index (χ4n) is 1.98. The highest BCUT2D eigenvalue weighted by Gasteiger charge is 2.39. The standard InChI is InChI=1S/C7H12N2O2/c10-7(11)5-1-4-2-8-3-6(4)9-5/h4-6,8-9H,1-3H2,(H,10,11). The van der Waals surface area contributed by atoms with Crippen LogP contribution in [0.5, 0.6) is 0 Å². The minimum Gasteiger partial charge on any atom is -0.480 e. The maximum absolute atomic E-state index is 10.5. The van der Waals surface area contributed by atoms with Crippen LogP contribution in [0.2, 0.25) is 0 Å². The van der Waals surface area contributed by atoms with Gasteiger partial charge in [0.15, 0.2) is 0 Å². The van der Waals surface area contributed by atoms with Crippen molar-refractivity contribution >= 4 is 5.97 Å². The highest BCUT2D eigenvalue weighted by Crippen LogP contribution is 2.23. The van der Waals surface area contributed by atoms with Gasteiger partial charge in [-0.05, 0) is 18.9 Å². The van der Waals surface area contributed by atoms with Crippen LogP contribution in [0.3, 0.4) is 0 Å². The predicted octanol–water partition coefficient (Wildman–Crippen LogP) is -0.979. The number of aliphatic carboxylic acids is 1. The molecule has 0 aliphatic carbocycles. The van der Waals surface area contributed by atoms with Gasteiger partial charge in [0.05, 0.1) is 0 Å². The lowest BCUT2D eigenvalue weighted by molar-refractivity contribution is -0.139. The molecule has 2 rings (SSSR count). The van der Waals surface area contributed by atoms with E-state index in [0.717, 1.165) is 19.5 Å². The average molecular weight is 156 g/mol. The molecular formula is C7H12N2O2. The minimum absolute atomic E-state index is 0.299. The van der Waals surface area contributed by atoms with Gasteiger partial charge < -0.3 is 10.4 Å². The topological polar surface area (TPSA) is 61.4 Å². The Morgan fingerprint density at radius 2 is 2.27 bits per heavy atom. The lowest BCUT2D eigenvalue weighted by Gasteiger charge is -2.07. The molecule has 2 fully saturated rings. The maximum atomic E-state index is 10.5. The summed E-state index contributed by atoms with van der Waals surface area (Å²) in [6, 6.07) is 0.100. The monoisotopic (exact) mass is 156 g/mol. The number of carbonyl (C=O) groups is 1. The first-order valence-corrected chi connectivity index (χ1v) is 3.97. The molecule has 0 radical (unpaired) electrons. The highest BCUT2D eigenvalue weighted by molar-refractivity contribution is 5.74. The number of nitrogens with one attached hydrogen (secondary N) is 2. The van der Waals surface area contributed by atoms with Crippen LogP contribution in [0.1, 0.15) is 6.42 Å². The van der Waals surface area contributed by atoms with Gasteiger partial charge in [0.25, 0.3) is 0 Å². The Morgan fingerprint density at radius 3 is 2.91 bits per heavy atom. The zero-order valence-corrected chi connectivity index (χ0v) is 6.21. The quantitative estimate of drug-likeness (QED) is 0.456. The van der Waals surface area contributed by atoms with E-state index in [-0.39, 0.29) is 6.04 Å². The Balaban J connectivity index is 1.99. The van der Waals surface area contributed by atoms with E-state index in [0.29, 0.717) is 12.0 Å². The summed E-state index contributed by atoms with van der Waals surface area (Å²) in [6.45, 7) is 1.90. The van der Waals surface area contributed by atoms with Crippen molar-refractivity contribution in [2.24, 2.45) is 5.92 Å². The van der Waals surface area contributed by atoms with Crippen molar-refractivity contribution < 1.29 is 9.90 Å². The van der Waals surface area contributed by atoms with Crippen LogP contribution in [0.25, 0.3) is 0 Å². The molecule has 3 unspecified atom stereocenters. The van der Waals surface area contributed by atoms with Crippen molar-refractivity contribution in [1.29, 1.82) is 0 Å². The third-order valence-electron chi connectivity index (χ3n) is 2.59. The van der Waals surface area contributed by atoms with Crippen LogP contribution < -0.4 is 10.6 Å². The molecule has 2 heterocycles. The molecule has 3 N–H and O–H groups in total. The van der Waals surface area contributed by atoms with Gasteiger partial charge in [-0.2, -0.15) is 0 Å². The second-order valence-corrected chi connectivity index (χ2v) is 3.32. The molecule has 0 saturated carbocycles. The van der Waals surface area contributed by atoms with E-state index in [9.17, 15) is 4.79 Å². The molecular weight excluding hydrogens is 144 g/mol. The Hall–Kier alpha value is -0.610. The second kappa shape index (κ2) is 2.46. The third-order valence-corrected chi connectivity index (χ3v) is 2.59. The van der Waals surface area contributed by atoms with E-state index < -0.39 is 5.97 Å². The van der Waals surface area contributed by atoms with Crippen LogP contribution >= 0.6 is 0 Å². The number of rotatable bonds is 1. The van der Waals surface area contributed by atoms with Crippen LogP contribution in [-0.4, -0.2) is 36.2 Å². The van der Waals surface area contributed by atoms with E-state index >= 15 is 0 Å². The minimum atomic E-state index is -0.709. The van der Waals surface area contributed by atoms with E-state index in [2.05, 4.69) is 10.6 Å². The van der Waals surface area contributed by atoms with Crippen molar-refractivity contribution in [2.45, 2.75) is 18.5 Å². The molecule has 0 aromatic heterocycles. The smallest absolute Gasteiger partial charge is 0.320 e. The van der Waals surface area contributed by atoms with Gasteiger partial charge in [-0.25, -0.2) is 0 Å². The molecule has 2 aliphatic heterocycles. The van der Waals surface area contributed by atoms with Crippen molar-refractivity contribution in [3.8, 4) is 0 Å². The zero-order chi connectivity index (χ0) is 7.84. The molecule has 0 bridgehead atoms. The molecule has 0 aromatic carbocycles. The molecule has 0 aromatic rings. The summed E-state index contributed by atoms with van der Waals surface area (Å²) in [7, 11) is 0. The fraction of sp³-hybridized carbons (Fsp3) is 0.857. The number of hydrogen-bond donors (Lipinski definition) is 3. The van der Waals surface area contributed by atoms with Gasteiger partial charge >= 0.3 is 5.97 Å². The average Bonchev–Trinajstić information content (AvgIpc) is 2.40. The van der Waals surface area contributed by atoms with Crippen molar-refractivity contribution in [3.05, 3.63) is 0 Å². The SMILES string of the molecule is O=C(O)C1CC2CNCC2N1. The summed E-state index contributed by atoms with van der Waals surface area (Å²) in [5.41, 5.74) is 0. The summed E-state index contributed by atoms with van der Waals surface area (Å²) < 4.78 is 0. The van der Waals surface area contributed by atoms with Crippen LogP contribution in [0, 0.1) is 5.92 Å². The van der Waals surface area contributed by atoms with Gasteiger partial charge in [0.1, 0.15) is 6.04 Å². The van der Waals surface area contributed by atoms with Crippen molar-refractivity contribution in [3.63, 3.8) is 0 Å². The van der Waals surface area contributed by atoms with E-state index in [1.54, 1.807) is 0 Å². The number of carboxylic acids is 1. The normalized spacial score (nSPS) is 42.4. The number of hydrogen-bond acceptors (Lipinski definition) is 3. The first-order valence-electron chi connectivity index (χ1n) is 3.97. The largest absolute Gasteiger partial charge is 0.480 e. The van der Waals surface area contributed by atoms with Crippen LogP contribution in [-0.2, 0) is 4.79 Å². The lowest BCUT2D eigenvalue weighted by atomic mass is 10.0. The summed E-state index contributed by atoms with van der Waals surface area (Å²) in [6.07, 6.45) is 0.785. The second-order valence-electron chi connectivity index (χ2n) is 3.32. The first-order chi connectivity index (χ1) is 5.27. The summed E-state index contributed by atoms with van der Waals surface area (Å²) in [5, 5.41) is 15.0. The molecule has 4 heteroatoms. The molecule has 62 valence electrons. The molecule has 4 nitrogen and oxygen atoms in total. The number of fused-ring (bicyclic) bond motifs is 1. The Morgan fingerprint density at radius 1 is 1.45 bits per heavy atom. The van der Waals surface area contributed by atoms with Crippen molar-refractivity contribution in [2.75, 3.05) is 13.1 Å². The van der Waals surface area contributed by atoms with Gasteiger partial charge in [-0.1, -0.05) is 0 Å². The molecule has 0 spiro atoms. The van der Waals surface area contributed by atoms with E-state index in [1.165, 1.54) is 0 Å². The fourth-order valence-corrected chi connectivity index (χ4v) is 1.98. The van der Waals surface area contributed by atoms with Crippen LogP contribution in [0.4, 0.5) is 0 Å². The first kappa shape index (κ1) is 7.06. The van der Waals surface area contributed by atoms with Crippen LogP contribution in [0.15, 0.2) is 0 Å². The Labute approximate surface area is 65.0 Å². The Kier molecular flexibility index (Phi) is 1.58. The maximum Gasteiger partial charge on any atom is 0.320 e. The third kappa shape index (κ3) is 1.12. The van der Waals surface area contributed by atoms with Gasteiger partial charge in [-0.3, -0.25) is 10.1 Å². The molecule has 2 saturated heterocycles. The van der Waals surface area contributed by atoms with Crippen molar-refractivity contribution in [1.82, 2.24) is 10.6 Å². The molecule has 2 aliphatic rings. The summed E-state index contributed by atoms with van der Waals surface area (Å²) in [4.78, 5) is 10.5. The molecule has 11 heavy (non-hydrogen) atoms. The molecule has 0 amide bonds. The van der Waals surface area contributed by atoms with Gasteiger partial charge in [0.2, 0.25) is 0 Å². The Bertz CT molecular complexity index is 171. The number of carboxylic acid groups (broad SMARTS) is 1. The van der Waals surface area contributed by atoms with Gasteiger partial charge in [-0.15, -0.1) is 0 Å². The highest BCUT2D eigenvalue weighted by atomic mass is 16.4. The van der Waals surface area contributed by atoms with E-state index in [1.807, 2.05) is 0 Å². The summed E-state index contributed by atoms with van der Waals surface area (Å²) in [5.74, 6) is -0.171. The lowest BCUT2D eigenvalue weighted by Crippen LogP contribution is -2.38. The summed E-state index contributed by atoms with van der Waals surface area (Å²) >= 11 is 0. The predicted molar refractivity (Wildman–Crippen MR) is 39.3 cm³/mol. The van der Waals surface area contributed by atoms with E-state index in [4.69, 9.17) is 5.11 Å². The molecule has 3 atom stereocenters.